The highest BCUT2D eigenvalue weighted by atomic mass is 32.2. The van der Waals surface area contributed by atoms with Gasteiger partial charge < -0.3 is 4.74 Å². The summed E-state index contributed by atoms with van der Waals surface area (Å²) in [4.78, 5) is 0. The standard InChI is InChI=1S/C10H15NO3S/c1-7-5-9(11-15(4,12)13)10(14-3)6-8(7)2/h5-6,11H,1-4H3. The van der Waals surface area contributed by atoms with E-state index in [1.165, 1.54) is 7.11 Å². The Labute approximate surface area is 90.3 Å². The first-order valence-electron chi connectivity index (χ1n) is 4.46. The number of nitrogens with one attached hydrogen (secondary N) is 1. The van der Waals surface area contributed by atoms with E-state index in [1.54, 1.807) is 6.07 Å². The molecule has 1 N–H and O–H groups in total. The number of ether oxygens (including phenoxy) is 1. The number of rotatable bonds is 3. The fourth-order valence-electron chi connectivity index (χ4n) is 1.24. The van der Waals surface area contributed by atoms with E-state index < -0.39 is 10.0 Å². The molecule has 1 aromatic rings. The second kappa shape index (κ2) is 4.10. The van der Waals surface area contributed by atoms with Crippen LogP contribution in [0.4, 0.5) is 5.69 Å². The molecule has 0 fully saturated rings. The van der Waals surface area contributed by atoms with E-state index in [1.807, 2.05) is 19.9 Å². The molecule has 0 aliphatic heterocycles. The van der Waals surface area contributed by atoms with Gasteiger partial charge >= 0.3 is 0 Å². The molecule has 0 saturated carbocycles. The van der Waals surface area contributed by atoms with Crippen LogP contribution in [0.2, 0.25) is 0 Å². The number of benzene rings is 1. The Hall–Kier alpha value is -1.23. The number of anilines is 1. The van der Waals surface area contributed by atoms with Gasteiger partial charge in [0.05, 0.1) is 19.1 Å². The van der Waals surface area contributed by atoms with Gasteiger partial charge in [-0.2, -0.15) is 0 Å². The molecule has 0 bridgehead atoms. The molecule has 0 spiro atoms. The Morgan fingerprint density at radius 2 is 1.73 bits per heavy atom. The summed E-state index contributed by atoms with van der Waals surface area (Å²) in [6.07, 6.45) is 1.11. The monoisotopic (exact) mass is 229 g/mol. The summed E-state index contributed by atoms with van der Waals surface area (Å²) in [6, 6.07) is 3.57. The number of hydrogen-bond donors (Lipinski definition) is 1. The molecule has 0 aliphatic rings. The van der Waals surface area contributed by atoms with Crippen LogP contribution in [0.3, 0.4) is 0 Å². The van der Waals surface area contributed by atoms with Crippen molar-refractivity contribution in [2.75, 3.05) is 18.1 Å². The van der Waals surface area contributed by atoms with E-state index in [4.69, 9.17) is 4.74 Å². The second-order valence-electron chi connectivity index (χ2n) is 3.51. The van der Waals surface area contributed by atoms with Crippen molar-refractivity contribution in [2.45, 2.75) is 13.8 Å². The third kappa shape index (κ3) is 3.13. The maximum atomic E-state index is 11.1. The topological polar surface area (TPSA) is 55.4 Å². The summed E-state index contributed by atoms with van der Waals surface area (Å²) in [5.74, 6) is 0.531. The summed E-state index contributed by atoms with van der Waals surface area (Å²) >= 11 is 0. The Bertz CT molecular complexity index is 466. The Kier molecular flexibility index (Phi) is 3.24. The first kappa shape index (κ1) is 11.8. The highest BCUT2D eigenvalue weighted by Gasteiger charge is 2.09. The second-order valence-corrected chi connectivity index (χ2v) is 5.26. The lowest BCUT2D eigenvalue weighted by Crippen LogP contribution is -2.10. The molecule has 15 heavy (non-hydrogen) atoms. The predicted octanol–water partition coefficient (Wildman–Crippen LogP) is 1.68. The van der Waals surface area contributed by atoms with Gasteiger partial charge in [-0.25, -0.2) is 8.42 Å². The molecule has 0 amide bonds. The third-order valence-electron chi connectivity index (χ3n) is 2.11. The van der Waals surface area contributed by atoms with Crippen molar-refractivity contribution < 1.29 is 13.2 Å². The van der Waals surface area contributed by atoms with E-state index in [0.29, 0.717) is 11.4 Å². The van der Waals surface area contributed by atoms with Crippen molar-refractivity contribution in [3.8, 4) is 5.75 Å². The summed E-state index contributed by atoms with van der Waals surface area (Å²) in [6.45, 7) is 3.87. The Balaban J connectivity index is 3.22. The molecule has 4 nitrogen and oxygen atoms in total. The van der Waals surface area contributed by atoms with Crippen LogP contribution in [0.25, 0.3) is 0 Å². The molecule has 0 unspecified atom stereocenters. The van der Waals surface area contributed by atoms with Crippen LogP contribution >= 0.6 is 0 Å². The number of sulfonamides is 1. The van der Waals surface area contributed by atoms with Gasteiger partial charge in [0.1, 0.15) is 5.75 Å². The van der Waals surface area contributed by atoms with Gasteiger partial charge in [-0.3, -0.25) is 4.72 Å². The Morgan fingerprint density at radius 3 is 2.20 bits per heavy atom. The van der Waals surface area contributed by atoms with E-state index in [2.05, 4.69) is 4.72 Å². The molecule has 84 valence electrons. The molecular weight excluding hydrogens is 214 g/mol. The van der Waals surface area contributed by atoms with Crippen LogP contribution < -0.4 is 9.46 Å². The quantitative estimate of drug-likeness (QED) is 0.858. The van der Waals surface area contributed by atoms with Gasteiger partial charge in [0, 0.05) is 0 Å². The maximum Gasteiger partial charge on any atom is 0.229 e. The first-order valence-corrected chi connectivity index (χ1v) is 6.35. The van der Waals surface area contributed by atoms with Crippen molar-refractivity contribution in [2.24, 2.45) is 0 Å². The highest BCUT2D eigenvalue weighted by molar-refractivity contribution is 7.92. The zero-order chi connectivity index (χ0) is 11.6. The largest absolute Gasteiger partial charge is 0.495 e. The summed E-state index contributed by atoms with van der Waals surface area (Å²) in [5, 5.41) is 0. The van der Waals surface area contributed by atoms with Crippen LogP contribution in [0, 0.1) is 13.8 Å². The van der Waals surface area contributed by atoms with Gasteiger partial charge in [0.25, 0.3) is 0 Å². The fraction of sp³-hybridized carbons (Fsp3) is 0.400. The van der Waals surface area contributed by atoms with E-state index in [0.717, 1.165) is 17.4 Å². The lowest BCUT2D eigenvalue weighted by Gasteiger charge is -2.12. The SMILES string of the molecule is COc1cc(C)c(C)cc1NS(C)(=O)=O. The minimum Gasteiger partial charge on any atom is -0.495 e. The van der Waals surface area contributed by atoms with Crippen molar-refractivity contribution in [1.82, 2.24) is 0 Å². The molecule has 0 aliphatic carbocycles. The van der Waals surface area contributed by atoms with Gasteiger partial charge in [-0.15, -0.1) is 0 Å². The third-order valence-corrected chi connectivity index (χ3v) is 2.70. The van der Waals surface area contributed by atoms with Gasteiger partial charge in [-0.05, 0) is 37.1 Å². The normalized spacial score (nSPS) is 11.2. The van der Waals surface area contributed by atoms with Crippen LogP contribution in [0.15, 0.2) is 12.1 Å². The zero-order valence-electron chi connectivity index (χ0n) is 9.29. The smallest absolute Gasteiger partial charge is 0.229 e. The average Bonchev–Trinajstić information content (AvgIpc) is 2.08. The first-order chi connectivity index (χ1) is 6.83. The van der Waals surface area contributed by atoms with E-state index >= 15 is 0 Å². The summed E-state index contributed by atoms with van der Waals surface area (Å²) in [5.41, 5.74) is 2.55. The maximum absolute atomic E-state index is 11.1. The number of aryl methyl sites for hydroxylation is 2. The highest BCUT2D eigenvalue weighted by Crippen LogP contribution is 2.28. The zero-order valence-corrected chi connectivity index (χ0v) is 10.1. The van der Waals surface area contributed by atoms with Crippen LogP contribution in [0.5, 0.6) is 5.75 Å². The molecule has 0 aromatic heterocycles. The molecule has 0 atom stereocenters. The predicted molar refractivity (Wildman–Crippen MR) is 60.9 cm³/mol. The average molecular weight is 229 g/mol. The van der Waals surface area contributed by atoms with E-state index in [9.17, 15) is 8.42 Å². The molecule has 0 saturated heterocycles. The van der Waals surface area contributed by atoms with Gasteiger partial charge in [0.2, 0.25) is 10.0 Å². The Morgan fingerprint density at radius 1 is 1.20 bits per heavy atom. The molecule has 1 aromatic carbocycles. The minimum atomic E-state index is -3.27. The lowest BCUT2D eigenvalue weighted by atomic mass is 10.1. The molecule has 5 heteroatoms. The van der Waals surface area contributed by atoms with Crippen molar-refractivity contribution in [1.29, 1.82) is 0 Å². The minimum absolute atomic E-state index is 0.475. The lowest BCUT2D eigenvalue weighted by molar-refractivity contribution is 0.416. The van der Waals surface area contributed by atoms with Crippen LogP contribution in [-0.4, -0.2) is 21.8 Å². The summed E-state index contributed by atoms with van der Waals surface area (Å²) in [7, 11) is -1.76. The molecule has 0 heterocycles. The summed E-state index contributed by atoms with van der Waals surface area (Å²) < 4.78 is 29.7. The molecular formula is C10H15NO3S. The fourth-order valence-corrected chi connectivity index (χ4v) is 1.80. The van der Waals surface area contributed by atoms with Crippen molar-refractivity contribution in [3.63, 3.8) is 0 Å². The number of hydrogen-bond acceptors (Lipinski definition) is 3. The van der Waals surface area contributed by atoms with Crippen LogP contribution in [-0.2, 0) is 10.0 Å². The van der Waals surface area contributed by atoms with Gasteiger partial charge in [-0.1, -0.05) is 0 Å². The van der Waals surface area contributed by atoms with E-state index in [-0.39, 0.29) is 0 Å². The molecule has 1 rings (SSSR count). The van der Waals surface area contributed by atoms with Gasteiger partial charge in [0.15, 0.2) is 0 Å². The van der Waals surface area contributed by atoms with Crippen molar-refractivity contribution >= 4 is 15.7 Å². The van der Waals surface area contributed by atoms with Crippen LogP contribution in [0.1, 0.15) is 11.1 Å². The molecule has 0 radical (unpaired) electrons. The van der Waals surface area contributed by atoms with Crippen molar-refractivity contribution in [3.05, 3.63) is 23.3 Å². The number of methoxy groups -OCH3 is 1.